The predicted molar refractivity (Wildman–Crippen MR) is 62.0 cm³/mol. The van der Waals surface area contributed by atoms with Gasteiger partial charge in [0.05, 0.1) is 5.25 Å². The average molecular weight is 225 g/mol. The fourth-order valence-electron chi connectivity index (χ4n) is 1.46. The Morgan fingerprint density at radius 2 is 1.93 bits per heavy atom. The number of hydrogen-bond donors (Lipinski definition) is 1. The molecule has 0 bridgehead atoms. The molecule has 1 rings (SSSR count). The Labute approximate surface area is 90.5 Å². The standard InChI is InChI=1S/C11H15NO2S/c1-2-15(13,14)11(8-9-12)10-6-4-3-5-7-10/h2-7,11H,1,8-9,12H2. The van der Waals surface area contributed by atoms with Gasteiger partial charge in [0.25, 0.3) is 0 Å². The largest absolute Gasteiger partial charge is 0.330 e. The van der Waals surface area contributed by atoms with Crippen LogP contribution in [0.1, 0.15) is 17.2 Å². The van der Waals surface area contributed by atoms with Gasteiger partial charge in [-0.25, -0.2) is 8.42 Å². The number of sulfone groups is 1. The number of rotatable bonds is 5. The SMILES string of the molecule is C=CS(=O)(=O)C(CCN)c1ccccc1. The van der Waals surface area contributed by atoms with Crippen molar-refractivity contribution in [2.45, 2.75) is 11.7 Å². The first-order valence-electron chi connectivity index (χ1n) is 4.73. The molecular formula is C11H15NO2S. The van der Waals surface area contributed by atoms with Gasteiger partial charge in [-0.1, -0.05) is 36.9 Å². The lowest BCUT2D eigenvalue weighted by Gasteiger charge is -2.14. The lowest BCUT2D eigenvalue weighted by Crippen LogP contribution is -2.15. The maximum Gasteiger partial charge on any atom is 0.178 e. The Bertz CT molecular complexity index is 411. The third kappa shape index (κ3) is 2.91. The highest BCUT2D eigenvalue weighted by Crippen LogP contribution is 2.26. The molecule has 1 unspecified atom stereocenters. The summed E-state index contributed by atoms with van der Waals surface area (Å²) in [6, 6.07) is 9.07. The molecule has 3 nitrogen and oxygen atoms in total. The lowest BCUT2D eigenvalue weighted by atomic mass is 10.1. The zero-order valence-corrected chi connectivity index (χ0v) is 9.28. The van der Waals surface area contributed by atoms with Gasteiger partial charge in [0.1, 0.15) is 0 Å². The van der Waals surface area contributed by atoms with Crippen molar-refractivity contribution in [1.82, 2.24) is 0 Å². The molecule has 0 fully saturated rings. The smallest absolute Gasteiger partial charge is 0.178 e. The van der Waals surface area contributed by atoms with Crippen molar-refractivity contribution in [1.29, 1.82) is 0 Å². The molecule has 0 heterocycles. The third-order valence-corrected chi connectivity index (χ3v) is 3.99. The molecule has 1 aromatic carbocycles. The normalized spacial score (nSPS) is 13.4. The van der Waals surface area contributed by atoms with Crippen molar-refractivity contribution < 1.29 is 8.42 Å². The van der Waals surface area contributed by atoms with Crippen LogP contribution >= 0.6 is 0 Å². The van der Waals surface area contributed by atoms with Crippen molar-refractivity contribution >= 4 is 9.84 Å². The Morgan fingerprint density at radius 1 is 1.33 bits per heavy atom. The van der Waals surface area contributed by atoms with Gasteiger partial charge in [-0.15, -0.1) is 0 Å². The second kappa shape index (κ2) is 5.09. The highest BCUT2D eigenvalue weighted by molar-refractivity contribution is 7.94. The fourth-order valence-corrected chi connectivity index (χ4v) is 2.69. The van der Waals surface area contributed by atoms with Crippen molar-refractivity contribution in [2.24, 2.45) is 5.73 Å². The minimum atomic E-state index is -3.29. The molecule has 4 heteroatoms. The molecule has 82 valence electrons. The minimum Gasteiger partial charge on any atom is -0.330 e. The van der Waals surface area contributed by atoms with Crippen molar-refractivity contribution in [2.75, 3.05) is 6.54 Å². The fraction of sp³-hybridized carbons (Fsp3) is 0.273. The van der Waals surface area contributed by atoms with Crippen molar-refractivity contribution in [3.05, 3.63) is 47.9 Å². The summed E-state index contributed by atoms with van der Waals surface area (Å²) in [6.07, 6.45) is 0.415. The van der Waals surface area contributed by atoms with Crippen molar-refractivity contribution in [3.8, 4) is 0 Å². The maximum absolute atomic E-state index is 11.7. The van der Waals surface area contributed by atoms with E-state index < -0.39 is 15.1 Å². The molecule has 0 aliphatic heterocycles. The summed E-state index contributed by atoms with van der Waals surface area (Å²) in [4.78, 5) is 0. The number of nitrogens with two attached hydrogens (primary N) is 1. The molecule has 0 radical (unpaired) electrons. The molecule has 0 saturated carbocycles. The van der Waals surface area contributed by atoms with Gasteiger partial charge in [0.15, 0.2) is 9.84 Å². The molecule has 1 atom stereocenters. The van der Waals surface area contributed by atoms with Gasteiger partial charge in [-0.3, -0.25) is 0 Å². The van der Waals surface area contributed by atoms with E-state index in [1.807, 2.05) is 18.2 Å². The van der Waals surface area contributed by atoms with Crippen LogP contribution < -0.4 is 5.73 Å². The quantitative estimate of drug-likeness (QED) is 0.828. The van der Waals surface area contributed by atoms with Gasteiger partial charge in [0, 0.05) is 5.41 Å². The summed E-state index contributed by atoms with van der Waals surface area (Å²) in [5.41, 5.74) is 6.19. The van der Waals surface area contributed by atoms with E-state index in [0.29, 0.717) is 13.0 Å². The monoisotopic (exact) mass is 225 g/mol. The highest BCUT2D eigenvalue weighted by atomic mass is 32.2. The molecule has 0 aromatic heterocycles. The van der Waals surface area contributed by atoms with Crippen LogP contribution in [0.4, 0.5) is 0 Å². The molecule has 0 amide bonds. The summed E-state index contributed by atoms with van der Waals surface area (Å²) in [7, 11) is -3.29. The topological polar surface area (TPSA) is 60.2 Å². The van der Waals surface area contributed by atoms with Crippen LogP contribution in [0.2, 0.25) is 0 Å². The minimum absolute atomic E-state index is 0.340. The summed E-state index contributed by atoms with van der Waals surface area (Å²) in [6.45, 7) is 3.67. The van der Waals surface area contributed by atoms with E-state index in [-0.39, 0.29) is 0 Å². The Hall–Kier alpha value is -1.13. The summed E-state index contributed by atoms with van der Waals surface area (Å²) >= 11 is 0. The van der Waals surface area contributed by atoms with E-state index in [1.54, 1.807) is 12.1 Å². The summed E-state index contributed by atoms with van der Waals surface area (Å²) in [5.74, 6) is 0. The van der Waals surface area contributed by atoms with Crippen LogP contribution in [0.3, 0.4) is 0 Å². The van der Waals surface area contributed by atoms with Crippen molar-refractivity contribution in [3.63, 3.8) is 0 Å². The number of hydrogen-bond acceptors (Lipinski definition) is 3. The van der Waals surface area contributed by atoms with E-state index >= 15 is 0 Å². The van der Waals surface area contributed by atoms with Crippen LogP contribution in [0.15, 0.2) is 42.3 Å². The maximum atomic E-state index is 11.7. The third-order valence-electron chi connectivity index (χ3n) is 2.23. The average Bonchev–Trinajstić information content (AvgIpc) is 2.27. The first-order chi connectivity index (χ1) is 7.11. The van der Waals surface area contributed by atoms with Crippen LogP contribution in [0.5, 0.6) is 0 Å². The molecular weight excluding hydrogens is 210 g/mol. The molecule has 15 heavy (non-hydrogen) atoms. The molecule has 0 saturated heterocycles. The molecule has 0 aliphatic rings. The lowest BCUT2D eigenvalue weighted by molar-refractivity contribution is 0.585. The Morgan fingerprint density at radius 3 is 2.40 bits per heavy atom. The second-order valence-electron chi connectivity index (χ2n) is 3.23. The van der Waals surface area contributed by atoms with Crippen LogP contribution in [0, 0.1) is 0 Å². The molecule has 0 aliphatic carbocycles. The zero-order chi connectivity index (χ0) is 11.3. The van der Waals surface area contributed by atoms with E-state index in [4.69, 9.17) is 5.73 Å². The van der Waals surface area contributed by atoms with Crippen LogP contribution in [0.25, 0.3) is 0 Å². The van der Waals surface area contributed by atoms with Gasteiger partial charge < -0.3 is 5.73 Å². The Balaban J connectivity index is 3.09. The predicted octanol–water partition coefficient (Wildman–Crippen LogP) is 1.63. The van der Waals surface area contributed by atoms with E-state index in [0.717, 1.165) is 11.0 Å². The Kier molecular flexibility index (Phi) is 4.05. The second-order valence-corrected chi connectivity index (χ2v) is 5.31. The van der Waals surface area contributed by atoms with Gasteiger partial charge >= 0.3 is 0 Å². The van der Waals surface area contributed by atoms with E-state index in [9.17, 15) is 8.42 Å². The highest BCUT2D eigenvalue weighted by Gasteiger charge is 2.23. The summed E-state index contributed by atoms with van der Waals surface area (Å²) < 4.78 is 23.4. The van der Waals surface area contributed by atoms with Gasteiger partial charge in [-0.05, 0) is 18.5 Å². The van der Waals surface area contributed by atoms with Crippen LogP contribution in [-0.4, -0.2) is 15.0 Å². The summed E-state index contributed by atoms with van der Waals surface area (Å²) in [5, 5.41) is 0.432. The molecule has 0 spiro atoms. The molecule has 2 N–H and O–H groups in total. The number of benzene rings is 1. The molecule has 1 aromatic rings. The van der Waals surface area contributed by atoms with E-state index in [2.05, 4.69) is 6.58 Å². The van der Waals surface area contributed by atoms with E-state index in [1.165, 1.54) is 0 Å². The van der Waals surface area contributed by atoms with Gasteiger partial charge in [-0.2, -0.15) is 0 Å². The van der Waals surface area contributed by atoms with Gasteiger partial charge in [0.2, 0.25) is 0 Å². The van der Waals surface area contributed by atoms with Crippen LogP contribution in [-0.2, 0) is 9.84 Å². The zero-order valence-electron chi connectivity index (χ0n) is 8.46. The first kappa shape index (κ1) is 11.9. The first-order valence-corrected chi connectivity index (χ1v) is 6.34.